The highest BCUT2D eigenvalue weighted by Gasteiger charge is 2.10. The van der Waals surface area contributed by atoms with Gasteiger partial charge in [-0.1, -0.05) is 41.6 Å². The lowest BCUT2D eigenvalue weighted by Gasteiger charge is -2.07. The van der Waals surface area contributed by atoms with Crippen LogP contribution in [0.25, 0.3) is 0 Å². The van der Waals surface area contributed by atoms with E-state index in [9.17, 15) is 4.79 Å². The van der Waals surface area contributed by atoms with Crippen molar-refractivity contribution in [3.63, 3.8) is 0 Å². The summed E-state index contributed by atoms with van der Waals surface area (Å²) in [4.78, 5) is 16.9. The fourth-order valence-corrected chi connectivity index (χ4v) is 4.63. The number of amides is 1. The van der Waals surface area contributed by atoms with Gasteiger partial charge in [-0.05, 0) is 62.1 Å². The predicted molar refractivity (Wildman–Crippen MR) is 116 cm³/mol. The Hall–Kier alpha value is -2.11. The summed E-state index contributed by atoms with van der Waals surface area (Å²) in [7, 11) is 0. The van der Waals surface area contributed by atoms with Crippen LogP contribution in [0, 0.1) is 27.7 Å². The highest BCUT2D eigenvalue weighted by atomic mass is 32.2. The smallest absolute Gasteiger partial charge is 0.230 e. The third kappa shape index (κ3) is 5.44. The monoisotopic (exact) mass is 396 g/mol. The summed E-state index contributed by atoms with van der Waals surface area (Å²) in [5, 5.41) is 4.94. The summed E-state index contributed by atoms with van der Waals surface area (Å²) in [5.74, 6) is 0.865. The minimum Gasteiger partial charge on any atom is -0.326 e. The average Bonchev–Trinajstić information content (AvgIpc) is 3.06. The van der Waals surface area contributed by atoms with Gasteiger partial charge in [-0.2, -0.15) is 0 Å². The lowest BCUT2D eigenvalue weighted by Crippen LogP contribution is -2.14. The van der Waals surface area contributed by atoms with E-state index in [1.54, 1.807) is 23.1 Å². The van der Waals surface area contributed by atoms with E-state index < -0.39 is 0 Å². The molecular weight excluding hydrogens is 372 g/mol. The number of aromatic nitrogens is 1. The summed E-state index contributed by atoms with van der Waals surface area (Å²) < 4.78 is 1.00. The molecule has 0 atom stereocenters. The number of carbonyl (C=O) groups excluding carboxylic acids is 1. The van der Waals surface area contributed by atoms with E-state index in [-0.39, 0.29) is 5.91 Å². The standard InChI is InChI=1S/C22H24N2OS2/c1-14-5-6-16(3)18(9-14)12-26-22-24-20(13-27-22)11-21(25)23-19-8-7-15(2)17(4)10-19/h5-10,13H,11-12H2,1-4H3,(H,23,25). The van der Waals surface area contributed by atoms with Crippen LogP contribution in [0.1, 0.15) is 33.5 Å². The average molecular weight is 397 g/mol. The molecule has 0 bridgehead atoms. The molecule has 1 amide bonds. The molecule has 0 saturated carbocycles. The second kappa shape index (κ2) is 8.72. The highest BCUT2D eigenvalue weighted by Crippen LogP contribution is 2.28. The number of thioether (sulfide) groups is 1. The number of aryl methyl sites for hydroxylation is 4. The molecule has 3 nitrogen and oxygen atoms in total. The molecule has 2 aromatic carbocycles. The zero-order valence-electron chi connectivity index (χ0n) is 16.1. The number of nitrogens with one attached hydrogen (secondary N) is 1. The van der Waals surface area contributed by atoms with Gasteiger partial charge in [0.25, 0.3) is 0 Å². The Morgan fingerprint density at radius 3 is 2.59 bits per heavy atom. The van der Waals surface area contributed by atoms with E-state index in [2.05, 4.69) is 49.3 Å². The number of anilines is 1. The first-order valence-corrected chi connectivity index (χ1v) is 10.8. The Labute approximate surface area is 169 Å². The predicted octanol–water partition coefficient (Wildman–Crippen LogP) is 5.85. The summed E-state index contributed by atoms with van der Waals surface area (Å²) in [6.45, 7) is 8.36. The van der Waals surface area contributed by atoms with Crippen LogP contribution in [0.3, 0.4) is 0 Å². The first-order valence-electron chi connectivity index (χ1n) is 8.91. The number of benzene rings is 2. The number of rotatable bonds is 6. The van der Waals surface area contributed by atoms with Crippen molar-refractivity contribution in [3.8, 4) is 0 Å². The Balaban J connectivity index is 1.56. The van der Waals surface area contributed by atoms with Gasteiger partial charge in [0.05, 0.1) is 12.1 Å². The number of hydrogen-bond acceptors (Lipinski definition) is 4. The van der Waals surface area contributed by atoms with Gasteiger partial charge in [0, 0.05) is 16.8 Å². The molecule has 5 heteroatoms. The normalized spacial score (nSPS) is 10.8. The van der Waals surface area contributed by atoms with Crippen molar-refractivity contribution in [1.82, 2.24) is 4.98 Å². The van der Waals surface area contributed by atoms with Gasteiger partial charge in [0.1, 0.15) is 4.34 Å². The van der Waals surface area contributed by atoms with Crippen molar-refractivity contribution < 1.29 is 4.79 Å². The molecule has 0 aliphatic rings. The Morgan fingerprint density at radius 2 is 1.81 bits per heavy atom. The molecule has 0 saturated heterocycles. The first-order chi connectivity index (χ1) is 12.9. The van der Waals surface area contributed by atoms with Crippen molar-refractivity contribution in [2.75, 3.05) is 5.32 Å². The van der Waals surface area contributed by atoms with Crippen LogP contribution in [0.2, 0.25) is 0 Å². The van der Waals surface area contributed by atoms with Crippen LogP contribution in [0.4, 0.5) is 5.69 Å². The second-order valence-electron chi connectivity index (χ2n) is 6.85. The number of hydrogen-bond donors (Lipinski definition) is 1. The number of nitrogens with zero attached hydrogens (tertiary/aromatic N) is 1. The number of thiazole rings is 1. The minimum atomic E-state index is -0.0327. The Kier molecular flexibility index (Phi) is 6.34. The van der Waals surface area contributed by atoms with Crippen molar-refractivity contribution in [2.24, 2.45) is 0 Å². The molecule has 0 aliphatic carbocycles. The van der Waals surface area contributed by atoms with Crippen LogP contribution >= 0.6 is 23.1 Å². The fraction of sp³-hybridized carbons (Fsp3) is 0.273. The van der Waals surface area contributed by atoms with E-state index >= 15 is 0 Å². The van der Waals surface area contributed by atoms with Crippen molar-refractivity contribution in [1.29, 1.82) is 0 Å². The van der Waals surface area contributed by atoms with Crippen LogP contribution in [-0.2, 0) is 17.0 Å². The van der Waals surface area contributed by atoms with E-state index in [0.29, 0.717) is 6.42 Å². The van der Waals surface area contributed by atoms with Gasteiger partial charge in [0.15, 0.2) is 0 Å². The maximum Gasteiger partial charge on any atom is 0.230 e. The molecule has 3 rings (SSSR count). The molecule has 0 fully saturated rings. The summed E-state index contributed by atoms with van der Waals surface area (Å²) >= 11 is 3.33. The maximum atomic E-state index is 12.3. The molecule has 0 aliphatic heterocycles. The van der Waals surface area contributed by atoms with E-state index in [1.165, 1.54) is 27.8 Å². The van der Waals surface area contributed by atoms with E-state index in [4.69, 9.17) is 0 Å². The molecule has 0 radical (unpaired) electrons. The molecule has 0 unspecified atom stereocenters. The summed E-state index contributed by atoms with van der Waals surface area (Å²) in [6, 6.07) is 12.5. The third-order valence-electron chi connectivity index (χ3n) is 4.52. The zero-order chi connectivity index (χ0) is 19.4. The quantitative estimate of drug-likeness (QED) is 0.531. The molecule has 3 aromatic rings. The molecule has 0 spiro atoms. The van der Waals surface area contributed by atoms with Crippen molar-refractivity contribution >= 4 is 34.7 Å². The van der Waals surface area contributed by atoms with E-state index in [1.807, 2.05) is 30.5 Å². The van der Waals surface area contributed by atoms with Gasteiger partial charge in [-0.25, -0.2) is 4.98 Å². The van der Waals surface area contributed by atoms with Gasteiger partial charge in [-0.3, -0.25) is 4.79 Å². The lowest BCUT2D eigenvalue weighted by molar-refractivity contribution is -0.115. The minimum absolute atomic E-state index is 0.0327. The Morgan fingerprint density at radius 1 is 1.04 bits per heavy atom. The lowest BCUT2D eigenvalue weighted by atomic mass is 10.1. The van der Waals surface area contributed by atoms with Crippen LogP contribution < -0.4 is 5.32 Å². The Bertz CT molecular complexity index is 963. The molecule has 27 heavy (non-hydrogen) atoms. The third-order valence-corrected chi connectivity index (χ3v) is 6.64. The van der Waals surface area contributed by atoms with Gasteiger partial charge >= 0.3 is 0 Å². The molecule has 1 aromatic heterocycles. The van der Waals surface area contributed by atoms with Crippen LogP contribution in [-0.4, -0.2) is 10.9 Å². The highest BCUT2D eigenvalue weighted by molar-refractivity contribution is 8.00. The fourth-order valence-electron chi connectivity index (χ4n) is 2.72. The molecule has 140 valence electrons. The second-order valence-corrected chi connectivity index (χ2v) is 8.93. The SMILES string of the molecule is Cc1ccc(C)c(CSc2nc(CC(=O)Nc3ccc(C)c(C)c3)cs2)c1. The van der Waals surface area contributed by atoms with Crippen molar-refractivity contribution in [3.05, 3.63) is 75.3 Å². The number of carbonyl (C=O) groups is 1. The largest absolute Gasteiger partial charge is 0.326 e. The van der Waals surface area contributed by atoms with Gasteiger partial charge in [-0.15, -0.1) is 11.3 Å². The zero-order valence-corrected chi connectivity index (χ0v) is 17.8. The van der Waals surface area contributed by atoms with Crippen LogP contribution in [0.5, 0.6) is 0 Å². The summed E-state index contributed by atoms with van der Waals surface area (Å²) in [6.07, 6.45) is 0.299. The first kappa shape index (κ1) is 19.6. The van der Waals surface area contributed by atoms with Crippen LogP contribution in [0.15, 0.2) is 46.1 Å². The molecular formula is C22H24N2OS2. The topological polar surface area (TPSA) is 42.0 Å². The maximum absolute atomic E-state index is 12.3. The van der Waals surface area contributed by atoms with Gasteiger partial charge < -0.3 is 5.32 Å². The van der Waals surface area contributed by atoms with E-state index in [0.717, 1.165) is 21.5 Å². The molecule has 1 N–H and O–H groups in total. The molecule has 1 heterocycles. The van der Waals surface area contributed by atoms with Crippen molar-refractivity contribution in [2.45, 2.75) is 44.2 Å². The summed E-state index contributed by atoms with van der Waals surface area (Å²) in [5.41, 5.74) is 7.97. The van der Waals surface area contributed by atoms with Gasteiger partial charge in [0.2, 0.25) is 5.91 Å².